The number of carbonyl (C=O) groups is 1. The van der Waals surface area contributed by atoms with Crippen molar-refractivity contribution in [3.05, 3.63) is 0 Å². The molecule has 0 radical (unpaired) electrons. The molecule has 1 unspecified atom stereocenters. The molecule has 1 aliphatic rings. The summed E-state index contributed by atoms with van der Waals surface area (Å²) in [6, 6.07) is 0. The van der Waals surface area contributed by atoms with Gasteiger partial charge in [0.2, 0.25) is 0 Å². The summed E-state index contributed by atoms with van der Waals surface area (Å²) in [5.74, 6) is -0.211. The largest absolute Gasteiger partial charge is 0.469 e. The summed E-state index contributed by atoms with van der Waals surface area (Å²) in [4.78, 5) is 11.1. The van der Waals surface area contributed by atoms with Crippen LogP contribution in [0.2, 0.25) is 0 Å². The summed E-state index contributed by atoms with van der Waals surface area (Å²) in [6.07, 6.45) is 0.986. The van der Waals surface area contributed by atoms with E-state index in [0.29, 0.717) is 0 Å². The number of esters is 1. The van der Waals surface area contributed by atoms with Crippen molar-refractivity contribution in [1.29, 1.82) is 0 Å². The highest BCUT2D eigenvalue weighted by Crippen LogP contribution is 2.26. The SMILES string of the molecule is COC(=O)C1C[C@H](C)O[C@H]1C. The van der Waals surface area contributed by atoms with Crippen LogP contribution in [-0.2, 0) is 14.3 Å². The molecular weight excluding hydrogens is 144 g/mol. The molecule has 3 heteroatoms. The third-order valence-corrected chi connectivity index (χ3v) is 2.10. The van der Waals surface area contributed by atoms with Gasteiger partial charge in [0, 0.05) is 0 Å². The van der Waals surface area contributed by atoms with Crippen LogP contribution < -0.4 is 0 Å². The number of methoxy groups -OCH3 is 1. The minimum Gasteiger partial charge on any atom is -0.469 e. The van der Waals surface area contributed by atoms with Crippen LogP contribution in [-0.4, -0.2) is 25.3 Å². The maximum Gasteiger partial charge on any atom is 0.311 e. The monoisotopic (exact) mass is 158 g/mol. The quantitative estimate of drug-likeness (QED) is 0.533. The van der Waals surface area contributed by atoms with Gasteiger partial charge >= 0.3 is 5.97 Å². The highest BCUT2D eigenvalue weighted by Gasteiger charge is 2.35. The molecule has 0 aromatic rings. The lowest BCUT2D eigenvalue weighted by Crippen LogP contribution is -2.22. The van der Waals surface area contributed by atoms with E-state index in [1.807, 2.05) is 13.8 Å². The van der Waals surface area contributed by atoms with E-state index in [1.54, 1.807) is 0 Å². The van der Waals surface area contributed by atoms with Crippen LogP contribution in [0.1, 0.15) is 20.3 Å². The Balaban J connectivity index is 2.52. The van der Waals surface area contributed by atoms with E-state index in [1.165, 1.54) is 7.11 Å². The van der Waals surface area contributed by atoms with Gasteiger partial charge in [-0.1, -0.05) is 0 Å². The summed E-state index contributed by atoms with van der Waals surface area (Å²) in [7, 11) is 1.41. The van der Waals surface area contributed by atoms with Crippen molar-refractivity contribution in [2.75, 3.05) is 7.11 Å². The standard InChI is InChI=1S/C8H14O3/c1-5-4-7(6(2)11-5)8(9)10-3/h5-7H,4H2,1-3H3/t5-,6-,7?/m0/s1. The third-order valence-electron chi connectivity index (χ3n) is 2.10. The van der Waals surface area contributed by atoms with Gasteiger partial charge in [0.05, 0.1) is 25.2 Å². The number of rotatable bonds is 1. The number of carbonyl (C=O) groups excluding carboxylic acids is 1. The van der Waals surface area contributed by atoms with Gasteiger partial charge in [-0.05, 0) is 20.3 Å². The molecule has 3 atom stereocenters. The molecule has 1 heterocycles. The smallest absolute Gasteiger partial charge is 0.311 e. The van der Waals surface area contributed by atoms with Crippen molar-refractivity contribution in [2.45, 2.75) is 32.5 Å². The molecule has 1 fully saturated rings. The van der Waals surface area contributed by atoms with Crippen LogP contribution in [0.25, 0.3) is 0 Å². The molecule has 3 nitrogen and oxygen atoms in total. The Morgan fingerprint density at radius 2 is 2.18 bits per heavy atom. The lowest BCUT2D eigenvalue weighted by Gasteiger charge is -2.09. The summed E-state index contributed by atoms with van der Waals surface area (Å²) in [5.41, 5.74) is 0. The molecule has 0 amide bonds. The first-order valence-electron chi connectivity index (χ1n) is 3.88. The maximum absolute atomic E-state index is 11.1. The average molecular weight is 158 g/mol. The van der Waals surface area contributed by atoms with Crippen LogP contribution in [0, 0.1) is 5.92 Å². The molecule has 0 bridgehead atoms. The van der Waals surface area contributed by atoms with Crippen molar-refractivity contribution in [1.82, 2.24) is 0 Å². The van der Waals surface area contributed by atoms with Crippen LogP contribution in [0.4, 0.5) is 0 Å². The van der Waals surface area contributed by atoms with Crippen LogP contribution in [0.3, 0.4) is 0 Å². The van der Waals surface area contributed by atoms with Gasteiger partial charge in [0.15, 0.2) is 0 Å². The Kier molecular flexibility index (Phi) is 2.49. The van der Waals surface area contributed by atoms with Crippen LogP contribution in [0.5, 0.6) is 0 Å². The Hall–Kier alpha value is -0.570. The average Bonchev–Trinajstić information content (AvgIpc) is 2.28. The van der Waals surface area contributed by atoms with Gasteiger partial charge < -0.3 is 9.47 Å². The molecule has 0 spiro atoms. The second kappa shape index (κ2) is 3.22. The zero-order valence-electron chi connectivity index (χ0n) is 7.16. The zero-order chi connectivity index (χ0) is 8.43. The molecule has 64 valence electrons. The van der Waals surface area contributed by atoms with Crippen molar-refractivity contribution in [2.24, 2.45) is 5.92 Å². The molecule has 0 aromatic heterocycles. The van der Waals surface area contributed by atoms with Gasteiger partial charge in [0.25, 0.3) is 0 Å². The van der Waals surface area contributed by atoms with Gasteiger partial charge in [-0.3, -0.25) is 4.79 Å². The van der Waals surface area contributed by atoms with E-state index in [-0.39, 0.29) is 24.1 Å². The van der Waals surface area contributed by atoms with Crippen LogP contribution in [0.15, 0.2) is 0 Å². The fraction of sp³-hybridized carbons (Fsp3) is 0.875. The fourth-order valence-electron chi connectivity index (χ4n) is 1.51. The topological polar surface area (TPSA) is 35.5 Å². The second-order valence-corrected chi connectivity index (χ2v) is 3.02. The third kappa shape index (κ3) is 1.71. The Bertz CT molecular complexity index is 155. The number of hydrogen-bond donors (Lipinski definition) is 0. The molecule has 0 saturated carbocycles. The van der Waals surface area contributed by atoms with E-state index in [2.05, 4.69) is 4.74 Å². The molecule has 0 N–H and O–H groups in total. The molecule has 1 saturated heterocycles. The van der Waals surface area contributed by atoms with E-state index >= 15 is 0 Å². The van der Waals surface area contributed by atoms with Gasteiger partial charge in [0.1, 0.15) is 0 Å². The first-order valence-corrected chi connectivity index (χ1v) is 3.88. The molecule has 1 rings (SSSR count). The number of hydrogen-bond acceptors (Lipinski definition) is 3. The van der Waals surface area contributed by atoms with E-state index in [9.17, 15) is 4.79 Å². The van der Waals surface area contributed by atoms with Crippen molar-refractivity contribution < 1.29 is 14.3 Å². The first-order chi connectivity index (χ1) is 5.15. The lowest BCUT2D eigenvalue weighted by molar-refractivity contribution is -0.146. The van der Waals surface area contributed by atoms with Crippen LogP contribution >= 0.6 is 0 Å². The Morgan fingerprint density at radius 1 is 1.55 bits per heavy atom. The minimum absolute atomic E-state index is 0.0115. The zero-order valence-corrected chi connectivity index (χ0v) is 7.16. The predicted octanol–water partition coefficient (Wildman–Crippen LogP) is 0.973. The summed E-state index contributed by atoms with van der Waals surface area (Å²) in [6.45, 7) is 3.88. The number of ether oxygens (including phenoxy) is 2. The van der Waals surface area contributed by atoms with Gasteiger partial charge in [-0.25, -0.2) is 0 Å². The van der Waals surface area contributed by atoms with Crippen molar-refractivity contribution in [3.63, 3.8) is 0 Å². The maximum atomic E-state index is 11.1. The highest BCUT2D eigenvalue weighted by molar-refractivity contribution is 5.73. The summed E-state index contributed by atoms with van der Waals surface area (Å²) in [5, 5.41) is 0. The highest BCUT2D eigenvalue weighted by atomic mass is 16.5. The Labute approximate surface area is 66.7 Å². The minimum atomic E-state index is -0.151. The van der Waals surface area contributed by atoms with Crippen molar-refractivity contribution >= 4 is 5.97 Å². The first kappa shape index (κ1) is 8.53. The molecule has 0 aromatic carbocycles. The fourth-order valence-corrected chi connectivity index (χ4v) is 1.51. The van der Waals surface area contributed by atoms with Crippen molar-refractivity contribution in [3.8, 4) is 0 Å². The Morgan fingerprint density at radius 3 is 2.55 bits per heavy atom. The summed E-state index contributed by atoms with van der Waals surface area (Å²) < 4.78 is 10.0. The molecule has 0 aliphatic carbocycles. The van der Waals surface area contributed by atoms with Gasteiger partial charge in [-0.2, -0.15) is 0 Å². The van der Waals surface area contributed by atoms with Gasteiger partial charge in [-0.15, -0.1) is 0 Å². The second-order valence-electron chi connectivity index (χ2n) is 3.02. The van der Waals surface area contributed by atoms with E-state index in [0.717, 1.165) is 6.42 Å². The molecule has 11 heavy (non-hydrogen) atoms. The molecular formula is C8H14O3. The molecule has 1 aliphatic heterocycles. The normalized spacial score (nSPS) is 37.2. The van der Waals surface area contributed by atoms with E-state index < -0.39 is 0 Å². The summed E-state index contributed by atoms with van der Waals surface area (Å²) >= 11 is 0. The van der Waals surface area contributed by atoms with E-state index in [4.69, 9.17) is 4.74 Å². The predicted molar refractivity (Wildman–Crippen MR) is 40.1 cm³/mol. The lowest BCUT2D eigenvalue weighted by atomic mass is 10.0.